The number of carbonyl (C=O) groups is 6. The molecule has 2 fully saturated rings. The molecule has 4 amide bonds. The number of rotatable bonds is 6. The average Bonchev–Trinajstić information content (AvgIpc) is 3.45. The van der Waals surface area contributed by atoms with Crippen molar-refractivity contribution in [2.75, 3.05) is 39.3 Å². The van der Waals surface area contributed by atoms with E-state index in [1.807, 2.05) is 0 Å². The van der Waals surface area contributed by atoms with E-state index in [9.17, 15) is 39.0 Å². The van der Waals surface area contributed by atoms with Crippen LogP contribution in [-0.2, 0) is 28.8 Å². The summed E-state index contributed by atoms with van der Waals surface area (Å²) in [7, 11) is 0. The fraction of sp³-hybridized carbons (Fsp3) is 0.500. The fourth-order valence-electron chi connectivity index (χ4n) is 4.28. The third kappa shape index (κ3) is 5.33. The molecule has 0 aromatic rings. The van der Waals surface area contributed by atoms with Gasteiger partial charge in [-0.15, -0.1) is 0 Å². The summed E-state index contributed by atoms with van der Waals surface area (Å²) in [6, 6.07) is 0. The summed E-state index contributed by atoms with van der Waals surface area (Å²) in [5, 5.41) is 41.9. The van der Waals surface area contributed by atoms with Gasteiger partial charge in [-0.2, -0.15) is 0 Å². The Morgan fingerprint density at radius 2 is 1.62 bits per heavy atom. The smallest absolute Gasteiger partial charge is 0.323 e. The van der Waals surface area contributed by atoms with Gasteiger partial charge in [0.2, 0.25) is 17.7 Å². The number of aliphatic hydroxyl groups is 2. The van der Waals surface area contributed by atoms with Crippen molar-refractivity contribution in [3.8, 4) is 0 Å². The molecule has 0 aromatic carbocycles. The van der Waals surface area contributed by atoms with E-state index in [1.165, 1.54) is 0 Å². The largest absolute Gasteiger partial charge is 0.510 e. The summed E-state index contributed by atoms with van der Waals surface area (Å²) in [5.74, 6) is -4.60. The van der Waals surface area contributed by atoms with E-state index < -0.39 is 48.9 Å². The molecule has 0 aliphatic carbocycles. The number of aliphatic carboxylic acids is 2. The lowest BCUT2D eigenvalue weighted by Gasteiger charge is -2.16. The highest BCUT2D eigenvalue weighted by atomic mass is 16.4. The van der Waals surface area contributed by atoms with E-state index >= 15 is 0 Å². The Bertz CT molecular complexity index is 1000. The summed E-state index contributed by atoms with van der Waals surface area (Å²) in [5.41, 5.74) is 0.0640. The molecule has 0 spiro atoms. The maximum atomic E-state index is 12.0. The van der Waals surface area contributed by atoms with Crippen LogP contribution < -0.4 is 10.6 Å². The lowest BCUT2D eigenvalue weighted by atomic mass is 9.88. The van der Waals surface area contributed by atoms with E-state index in [0.29, 0.717) is 19.5 Å². The van der Waals surface area contributed by atoms with Gasteiger partial charge in [-0.05, 0) is 11.5 Å². The van der Waals surface area contributed by atoms with Gasteiger partial charge in [0, 0.05) is 32.1 Å². The van der Waals surface area contributed by atoms with Crippen LogP contribution in [0.1, 0.15) is 6.42 Å². The molecule has 4 aliphatic heterocycles. The normalized spacial score (nSPS) is 26.4. The zero-order chi connectivity index (χ0) is 25.2. The summed E-state index contributed by atoms with van der Waals surface area (Å²) in [6.07, 6.45) is 0.802. The first kappa shape index (κ1) is 24.7. The molecule has 3 atom stereocenters. The standard InChI is InChI=1S/C12H12N2O7.C8H12N2O3/c15-7-3-14(5-10(19)20)12(21)11(7)6-1-8(16)13(2-6)4-9(17)18;11-5-3-10-8(13)7(5)4-1-6(12)9-2-4/h1,15H,2-5H2,(H,17,18)(H,19,20);4-5,7,11H,1-3H2,(H,9,12)(H,10,13). The zero-order valence-electron chi connectivity index (χ0n) is 17.9. The van der Waals surface area contributed by atoms with Crippen molar-refractivity contribution in [3.05, 3.63) is 23.0 Å². The first-order valence-electron chi connectivity index (χ1n) is 10.3. The van der Waals surface area contributed by atoms with Gasteiger partial charge in [-0.1, -0.05) is 0 Å². The quantitative estimate of drug-likeness (QED) is 0.224. The van der Waals surface area contributed by atoms with Crippen LogP contribution in [-0.4, -0.2) is 111 Å². The maximum Gasteiger partial charge on any atom is 0.323 e. The molecular formula is C20H24N4O10. The highest BCUT2D eigenvalue weighted by Crippen LogP contribution is 2.28. The second-order valence-electron chi connectivity index (χ2n) is 8.24. The number of carboxylic acid groups (broad SMARTS) is 2. The summed E-state index contributed by atoms with van der Waals surface area (Å²) < 4.78 is 0. The molecule has 3 unspecified atom stereocenters. The molecule has 0 aromatic heterocycles. The maximum absolute atomic E-state index is 12.0. The molecule has 14 heteroatoms. The molecule has 2 saturated heterocycles. The predicted octanol–water partition coefficient (Wildman–Crippen LogP) is -3.19. The molecule has 4 aliphatic rings. The minimum Gasteiger partial charge on any atom is -0.510 e. The van der Waals surface area contributed by atoms with Crippen LogP contribution in [0.5, 0.6) is 0 Å². The van der Waals surface area contributed by atoms with Gasteiger partial charge in [0.25, 0.3) is 5.91 Å². The number of hydrogen-bond donors (Lipinski definition) is 6. The second kappa shape index (κ2) is 9.91. The van der Waals surface area contributed by atoms with Gasteiger partial charge < -0.3 is 40.9 Å². The summed E-state index contributed by atoms with van der Waals surface area (Å²) in [4.78, 5) is 69.0. The predicted molar refractivity (Wildman–Crippen MR) is 110 cm³/mol. The van der Waals surface area contributed by atoms with Crippen LogP contribution in [0.3, 0.4) is 0 Å². The summed E-state index contributed by atoms with van der Waals surface area (Å²) >= 11 is 0. The molecule has 6 N–H and O–H groups in total. The van der Waals surface area contributed by atoms with Crippen LogP contribution in [0.25, 0.3) is 0 Å². The van der Waals surface area contributed by atoms with Gasteiger partial charge in [-0.3, -0.25) is 28.8 Å². The first-order chi connectivity index (χ1) is 16.0. The van der Waals surface area contributed by atoms with Crippen molar-refractivity contribution in [2.24, 2.45) is 11.8 Å². The van der Waals surface area contributed by atoms with Gasteiger partial charge in [0.05, 0.1) is 24.1 Å². The Balaban J connectivity index is 0.000000212. The lowest BCUT2D eigenvalue weighted by molar-refractivity contribution is -0.142. The van der Waals surface area contributed by atoms with E-state index in [2.05, 4.69) is 10.6 Å². The van der Waals surface area contributed by atoms with Crippen LogP contribution in [0.15, 0.2) is 23.0 Å². The van der Waals surface area contributed by atoms with Gasteiger partial charge in [-0.25, -0.2) is 0 Å². The van der Waals surface area contributed by atoms with E-state index in [1.54, 1.807) is 0 Å². The molecule has 184 valence electrons. The minimum atomic E-state index is -1.22. The number of hydrogen-bond acceptors (Lipinski definition) is 8. The molecule has 4 rings (SSSR count). The monoisotopic (exact) mass is 480 g/mol. The number of nitrogens with zero attached hydrogens (tertiary/aromatic N) is 2. The van der Waals surface area contributed by atoms with Crippen LogP contribution in [0, 0.1) is 11.8 Å². The lowest BCUT2D eigenvalue weighted by Crippen LogP contribution is -2.34. The Morgan fingerprint density at radius 1 is 0.971 bits per heavy atom. The first-order valence-corrected chi connectivity index (χ1v) is 10.3. The van der Waals surface area contributed by atoms with Crippen molar-refractivity contribution < 1.29 is 49.2 Å². The van der Waals surface area contributed by atoms with Gasteiger partial charge >= 0.3 is 11.9 Å². The second-order valence-corrected chi connectivity index (χ2v) is 8.24. The van der Waals surface area contributed by atoms with Crippen LogP contribution >= 0.6 is 0 Å². The van der Waals surface area contributed by atoms with Crippen molar-refractivity contribution in [1.29, 1.82) is 0 Å². The van der Waals surface area contributed by atoms with Crippen LogP contribution in [0.4, 0.5) is 0 Å². The summed E-state index contributed by atoms with van der Waals surface area (Å²) in [6.45, 7) is -0.614. The van der Waals surface area contributed by atoms with Crippen molar-refractivity contribution in [2.45, 2.75) is 12.5 Å². The third-order valence-electron chi connectivity index (χ3n) is 5.79. The van der Waals surface area contributed by atoms with Crippen LogP contribution in [0.2, 0.25) is 0 Å². The SMILES string of the molecule is O=C(O)CN1CC(C2=C(O)CN(CC(=O)O)C2=O)=CC1=O.O=C1CC(C2C(=O)NCC2O)CN1. The molecule has 0 bridgehead atoms. The molecule has 0 saturated carbocycles. The highest BCUT2D eigenvalue weighted by molar-refractivity contribution is 6.05. The van der Waals surface area contributed by atoms with Gasteiger partial charge in [0.1, 0.15) is 18.8 Å². The van der Waals surface area contributed by atoms with E-state index in [4.69, 9.17) is 10.2 Å². The minimum absolute atomic E-state index is 0.0306. The molecule has 14 nitrogen and oxygen atoms in total. The highest BCUT2D eigenvalue weighted by Gasteiger charge is 2.42. The van der Waals surface area contributed by atoms with Gasteiger partial charge in [0.15, 0.2) is 0 Å². The zero-order valence-corrected chi connectivity index (χ0v) is 17.9. The third-order valence-corrected chi connectivity index (χ3v) is 5.79. The topological polar surface area (TPSA) is 214 Å². The number of β-amino-alcohol motifs (C(OH)–C–C–N with tert-alkyl or cyclic N) is 1. The molecule has 4 heterocycles. The van der Waals surface area contributed by atoms with E-state index in [0.717, 1.165) is 15.9 Å². The molecule has 0 radical (unpaired) electrons. The van der Waals surface area contributed by atoms with Crippen molar-refractivity contribution >= 4 is 35.6 Å². The Morgan fingerprint density at radius 3 is 2.15 bits per heavy atom. The number of carbonyl (C=O) groups excluding carboxylic acids is 4. The van der Waals surface area contributed by atoms with Crippen molar-refractivity contribution in [1.82, 2.24) is 20.4 Å². The number of aliphatic hydroxyl groups excluding tert-OH is 2. The Kier molecular flexibility index (Phi) is 7.20. The van der Waals surface area contributed by atoms with Crippen molar-refractivity contribution in [3.63, 3.8) is 0 Å². The number of nitrogens with one attached hydrogen (secondary N) is 2. The Labute approximate surface area is 192 Å². The molecular weight excluding hydrogens is 456 g/mol. The average molecular weight is 480 g/mol. The fourth-order valence-corrected chi connectivity index (χ4v) is 4.28. The number of amides is 4. The van der Waals surface area contributed by atoms with E-state index in [-0.39, 0.29) is 47.7 Å². The Hall–Kier alpha value is -3.94. The molecule has 34 heavy (non-hydrogen) atoms. The number of carboxylic acids is 2.